The summed E-state index contributed by atoms with van der Waals surface area (Å²) in [5.41, 5.74) is 1.75. The summed E-state index contributed by atoms with van der Waals surface area (Å²) in [4.78, 5) is 11.7. The van der Waals surface area contributed by atoms with Crippen LogP contribution in [0.2, 0.25) is 0 Å². The summed E-state index contributed by atoms with van der Waals surface area (Å²) in [7, 11) is -2.58. The summed E-state index contributed by atoms with van der Waals surface area (Å²) >= 11 is 0. The number of aliphatic hydroxyl groups is 1. The van der Waals surface area contributed by atoms with Crippen molar-refractivity contribution in [3.8, 4) is 11.8 Å². The number of benzene rings is 3. The molecule has 10 heteroatoms. The Kier molecular flexibility index (Phi) is 8.65. The van der Waals surface area contributed by atoms with Gasteiger partial charge in [-0.2, -0.15) is 5.26 Å². The second-order valence-electron chi connectivity index (χ2n) is 7.69. The molecule has 1 unspecified atom stereocenters. The van der Waals surface area contributed by atoms with Crippen molar-refractivity contribution in [2.45, 2.75) is 19.4 Å². The van der Waals surface area contributed by atoms with Gasteiger partial charge in [0.25, 0.3) is 0 Å². The standard InChI is InChI=1S/C25H26N2O7S/c1-3-33-25(29)15-35(30,31)27-23-9-8-22(34-16-32-2)12-21(23)13-24(28)19-7-6-18-5-4-17(14-26)10-20(18)11-19/h4-12,24,27-28H,3,13,15-16H2,1-2H3. The molecule has 35 heavy (non-hydrogen) atoms. The third-order valence-corrected chi connectivity index (χ3v) is 6.24. The molecule has 0 spiro atoms. The third-order valence-electron chi connectivity index (χ3n) is 5.09. The van der Waals surface area contributed by atoms with Crippen LogP contribution in [0.4, 0.5) is 5.69 Å². The van der Waals surface area contributed by atoms with Gasteiger partial charge >= 0.3 is 5.97 Å². The van der Waals surface area contributed by atoms with E-state index in [2.05, 4.69) is 10.8 Å². The summed E-state index contributed by atoms with van der Waals surface area (Å²) in [6.07, 6.45) is -0.943. The number of aliphatic hydroxyl groups excluding tert-OH is 1. The van der Waals surface area contributed by atoms with Crippen LogP contribution in [-0.4, -0.2) is 45.8 Å². The van der Waals surface area contributed by atoms with Gasteiger partial charge in [0.2, 0.25) is 10.0 Å². The summed E-state index contributed by atoms with van der Waals surface area (Å²) in [5.74, 6) is -1.29. The zero-order valence-corrected chi connectivity index (χ0v) is 20.2. The monoisotopic (exact) mass is 498 g/mol. The maximum absolute atomic E-state index is 12.5. The van der Waals surface area contributed by atoms with Gasteiger partial charge in [0.05, 0.1) is 30.0 Å². The number of sulfonamides is 1. The summed E-state index contributed by atoms with van der Waals surface area (Å²) in [6, 6.07) is 17.4. The van der Waals surface area contributed by atoms with Crippen molar-refractivity contribution >= 4 is 32.5 Å². The van der Waals surface area contributed by atoms with Crippen LogP contribution in [0.25, 0.3) is 10.8 Å². The number of fused-ring (bicyclic) bond motifs is 1. The normalized spacial score (nSPS) is 12.1. The van der Waals surface area contributed by atoms with Crippen LogP contribution in [-0.2, 0) is 30.7 Å². The van der Waals surface area contributed by atoms with Crippen LogP contribution in [0.5, 0.6) is 5.75 Å². The fourth-order valence-electron chi connectivity index (χ4n) is 3.48. The molecular weight excluding hydrogens is 472 g/mol. The number of methoxy groups -OCH3 is 1. The number of nitrogens with zero attached hydrogens (tertiary/aromatic N) is 1. The Hall–Kier alpha value is -3.65. The van der Waals surface area contributed by atoms with Crippen LogP contribution < -0.4 is 9.46 Å². The van der Waals surface area contributed by atoms with Crippen molar-refractivity contribution < 1.29 is 32.5 Å². The second kappa shape index (κ2) is 11.7. The van der Waals surface area contributed by atoms with Crippen LogP contribution in [0.15, 0.2) is 54.6 Å². The van der Waals surface area contributed by atoms with Crippen LogP contribution in [0, 0.1) is 11.3 Å². The molecule has 0 amide bonds. The van der Waals surface area contributed by atoms with Crippen molar-refractivity contribution in [1.29, 1.82) is 5.26 Å². The van der Waals surface area contributed by atoms with Gasteiger partial charge in [0.15, 0.2) is 12.5 Å². The van der Waals surface area contributed by atoms with E-state index in [1.54, 1.807) is 43.3 Å². The fourth-order valence-corrected chi connectivity index (χ4v) is 4.48. The van der Waals surface area contributed by atoms with E-state index in [-0.39, 0.29) is 25.5 Å². The van der Waals surface area contributed by atoms with Gasteiger partial charge in [-0.05, 0) is 65.2 Å². The average molecular weight is 499 g/mol. The van der Waals surface area contributed by atoms with Gasteiger partial charge in [0, 0.05) is 13.5 Å². The molecule has 3 aromatic rings. The smallest absolute Gasteiger partial charge is 0.323 e. The Morgan fingerprint density at radius 3 is 2.60 bits per heavy atom. The first-order valence-electron chi connectivity index (χ1n) is 10.8. The molecule has 0 aliphatic carbocycles. The molecule has 0 heterocycles. The zero-order valence-electron chi connectivity index (χ0n) is 19.4. The number of nitriles is 1. The first-order valence-corrected chi connectivity index (χ1v) is 12.4. The Morgan fingerprint density at radius 1 is 1.11 bits per heavy atom. The van der Waals surface area contributed by atoms with E-state index < -0.39 is 27.8 Å². The quantitative estimate of drug-likeness (QED) is 0.304. The SMILES string of the molecule is CCOC(=O)CS(=O)(=O)Nc1ccc(OCOC)cc1CC(O)c1ccc2ccc(C#N)cc2c1. The van der Waals surface area contributed by atoms with Crippen LogP contribution in [0.1, 0.15) is 29.7 Å². The molecule has 9 nitrogen and oxygen atoms in total. The van der Waals surface area contributed by atoms with Crippen molar-refractivity contribution in [1.82, 2.24) is 0 Å². The topological polar surface area (TPSA) is 135 Å². The van der Waals surface area contributed by atoms with Gasteiger partial charge in [-0.25, -0.2) is 8.42 Å². The first-order chi connectivity index (χ1) is 16.7. The largest absolute Gasteiger partial charge is 0.468 e. The highest BCUT2D eigenvalue weighted by atomic mass is 32.2. The van der Waals surface area contributed by atoms with Gasteiger partial charge in [0.1, 0.15) is 5.75 Å². The number of esters is 1. The highest BCUT2D eigenvalue weighted by Gasteiger charge is 2.21. The summed E-state index contributed by atoms with van der Waals surface area (Å²) in [5, 5.41) is 21.9. The van der Waals surface area contributed by atoms with Gasteiger partial charge in [-0.15, -0.1) is 0 Å². The Bertz CT molecular complexity index is 1350. The second-order valence-corrected chi connectivity index (χ2v) is 9.41. The number of ether oxygens (including phenoxy) is 3. The molecule has 0 fully saturated rings. The molecule has 0 aromatic heterocycles. The van der Waals surface area contributed by atoms with Gasteiger partial charge in [-0.3, -0.25) is 9.52 Å². The molecule has 0 radical (unpaired) electrons. The third kappa shape index (κ3) is 7.16. The predicted octanol–water partition coefficient (Wildman–Crippen LogP) is 3.28. The van der Waals surface area contributed by atoms with E-state index in [4.69, 9.17) is 19.5 Å². The van der Waals surface area contributed by atoms with E-state index >= 15 is 0 Å². The Morgan fingerprint density at radius 2 is 1.89 bits per heavy atom. The molecule has 0 saturated carbocycles. The predicted molar refractivity (Wildman–Crippen MR) is 130 cm³/mol. The number of carbonyl (C=O) groups is 1. The average Bonchev–Trinajstić information content (AvgIpc) is 2.82. The van der Waals surface area contributed by atoms with Gasteiger partial charge in [-0.1, -0.05) is 18.2 Å². The molecule has 184 valence electrons. The molecule has 3 rings (SSSR count). The zero-order chi connectivity index (χ0) is 25.4. The maximum Gasteiger partial charge on any atom is 0.323 e. The fraction of sp³-hybridized carbons (Fsp3) is 0.280. The number of hydrogen-bond donors (Lipinski definition) is 2. The highest BCUT2D eigenvalue weighted by Crippen LogP contribution is 2.30. The summed E-state index contributed by atoms with van der Waals surface area (Å²) in [6.45, 7) is 1.64. The number of carbonyl (C=O) groups excluding carboxylic acids is 1. The lowest BCUT2D eigenvalue weighted by Crippen LogP contribution is -2.25. The van der Waals surface area contributed by atoms with Gasteiger partial charge < -0.3 is 19.3 Å². The molecule has 0 bridgehead atoms. The minimum Gasteiger partial charge on any atom is -0.468 e. The van der Waals surface area contributed by atoms with E-state index in [0.717, 1.165) is 10.8 Å². The van der Waals surface area contributed by atoms with E-state index in [1.165, 1.54) is 13.2 Å². The lowest BCUT2D eigenvalue weighted by molar-refractivity contribution is -0.139. The van der Waals surface area contributed by atoms with Crippen molar-refractivity contribution in [3.05, 3.63) is 71.3 Å². The molecular formula is C25H26N2O7S. The molecule has 2 N–H and O–H groups in total. The minimum atomic E-state index is -4.05. The summed E-state index contributed by atoms with van der Waals surface area (Å²) < 4.78 is 42.5. The van der Waals surface area contributed by atoms with Crippen molar-refractivity contribution in [2.24, 2.45) is 0 Å². The van der Waals surface area contributed by atoms with Crippen LogP contribution >= 0.6 is 0 Å². The van der Waals surface area contributed by atoms with E-state index in [9.17, 15) is 18.3 Å². The number of nitrogens with one attached hydrogen (secondary N) is 1. The molecule has 3 aromatic carbocycles. The van der Waals surface area contributed by atoms with Crippen molar-refractivity contribution in [3.63, 3.8) is 0 Å². The number of hydrogen-bond acceptors (Lipinski definition) is 8. The van der Waals surface area contributed by atoms with E-state index in [0.29, 0.717) is 22.4 Å². The molecule has 1 atom stereocenters. The number of rotatable bonds is 11. The molecule has 0 saturated heterocycles. The Balaban J connectivity index is 1.90. The van der Waals surface area contributed by atoms with E-state index in [1.807, 2.05) is 12.1 Å². The highest BCUT2D eigenvalue weighted by molar-refractivity contribution is 7.93. The lowest BCUT2D eigenvalue weighted by atomic mass is 9.97. The maximum atomic E-state index is 12.5. The van der Waals surface area contributed by atoms with Crippen molar-refractivity contribution in [2.75, 3.05) is 31.0 Å². The molecule has 0 aliphatic heterocycles. The molecule has 0 aliphatic rings. The lowest BCUT2D eigenvalue weighted by Gasteiger charge is -2.18. The Labute approximate surface area is 203 Å². The minimum absolute atomic E-state index is 0.0121. The first kappa shape index (κ1) is 26.0. The van der Waals surface area contributed by atoms with Crippen LogP contribution in [0.3, 0.4) is 0 Å². The number of anilines is 1.